The Balaban J connectivity index is 1.92. The molecular weight excluding hydrogens is 298 g/mol. The van der Waals surface area contributed by atoms with Crippen LogP contribution >= 0.6 is 22.9 Å². The number of benzene rings is 1. The lowest BCUT2D eigenvalue weighted by molar-refractivity contribution is -0.385. The predicted octanol–water partition coefficient (Wildman–Crippen LogP) is 3.35. The highest BCUT2D eigenvalue weighted by molar-refractivity contribution is 7.09. The van der Waals surface area contributed by atoms with E-state index in [0.29, 0.717) is 23.7 Å². The van der Waals surface area contributed by atoms with Crippen molar-refractivity contribution < 1.29 is 4.92 Å². The summed E-state index contributed by atoms with van der Waals surface area (Å²) in [6, 6.07) is 4.71. The molecule has 106 valence electrons. The molecule has 1 aromatic heterocycles. The molecule has 1 heterocycles. The standard InChI is InChI=1S/C13H14ClN3O2S/c1-9-16-10(8-20-9)5-6-15-7-11-12(14)3-2-4-13(11)17(18)19/h2-4,8,15H,5-7H2,1H3. The fourth-order valence-electron chi connectivity index (χ4n) is 1.85. The molecule has 20 heavy (non-hydrogen) atoms. The van der Waals surface area contributed by atoms with Crippen molar-refractivity contribution in [3.8, 4) is 0 Å². The molecule has 2 aromatic rings. The second-order valence-electron chi connectivity index (χ2n) is 4.28. The monoisotopic (exact) mass is 311 g/mol. The van der Waals surface area contributed by atoms with E-state index in [9.17, 15) is 10.1 Å². The second kappa shape index (κ2) is 6.78. The molecule has 0 amide bonds. The lowest BCUT2D eigenvalue weighted by atomic mass is 10.1. The van der Waals surface area contributed by atoms with Crippen LogP contribution in [0.25, 0.3) is 0 Å². The second-order valence-corrected chi connectivity index (χ2v) is 5.75. The topological polar surface area (TPSA) is 68.1 Å². The molecule has 2 rings (SSSR count). The molecule has 0 saturated carbocycles. The van der Waals surface area contributed by atoms with Crippen LogP contribution in [0.1, 0.15) is 16.3 Å². The molecule has 0 unspecified atom stereocenters. The van der Waals surface area contributed by atoms with Crippen LogP contribution < -0.4 is 5.32 Å². The Morgan fingerprint density at radius 3 is 2.95 bits per heavy atom. The fraction of sp³-hybridized carbons (Fsp3) is 0.308. The van der Waals surface area contributed by atoms with Crippen molar-refractivity contribution in [1.29, 1.82) is 0 Å². The summed E-state index contributed by atoms with van der Waals surface area (Å²) in [4.78, 5) is 14.9. The zero-order chi connectivity index (χ0) is 14.5. The third-order valence-corrected chi connectivity index (χ3v) is 3.99. The van der Waals surface area contributed by atoms with Crippen molar-refractivity contribution in [3.63, 3.8) is 0 Å². The van der Waals surface area contributed by atoms with E-state index in [1.54, 1.807) is 23.5 Å². The maximum Gasteiger partial charge on any atom is 0.275 e. The lowest BCUT2D eigenvalue weighted by Gasteiger charge is -2.06. The Morgan fingerprint density at radius 2 is 2.30 bits per heavy atom. The molecule has 0 fully saturated rings. The average molecular weight is 312 g/mol. The van der Waals surface area contributed by atoms with E-state index in [0.717, 1.165) is 17.1 Å². The predicted molar refractivity (Wildman–Crippen MR) is 80.4 cm³/mol. The van der Waals surface area contributed by atoms with Crippen molar-refractivity contribution in [2.45, 2.75) is 19.9 Å². The van der Waals surface area contributed by atoms with Crippen molar-refractivity contribution >= 4 is 28.6 Å². The highest BCUT2D eigenvalue weighted by Gasteiger charge is 2.15. The van der Waals surface area contributed by atoms with Crippen LogP contribution in [0.15, 0.2) is 23.6 Å². The molecule has 7 heteroatoms. The van der Waals surface area contributed by atoms with Gasteiger partial charge in [0.1, 0.15) is 0 Å². The number of thiazole rings is 1. The smallest absolute Gasteiger partial charge is 0.275 e. The summed E-state index contributed by atoms with van der Waals surface area (Å²) in [5.74, 6) is 0. The third kappa shape index (κ3) is 3.75. The quantitative estimate of drug-likeness (QED) is 0.504. The molecule has 0 saturated heterocycles. The first-order valence-corrected chi connectivity index (χ1v) is 7.37. The molecule has 5 nitrogen and oxygen atoms in total. The van der Waals surface area contributed by atoms with Gasteiger partial charge < -0.3 is 5.32 Å². The Bertz CT molecular complexity index is 615. The number of nitro benzene ring substituents is 1. The number of nitro groups is 1. The van der Waals surface area contributed by atoms with Crippen LogP contribution in [-0.4, -0.2) is 16.5 Å². The fourth-order valence-corrected chi connectivity index (χ4v) is 2.73. The van der Waals surface area contributed by atoms with E-state index in [2.05, 4.69) is 10.3 Å². The molecule has 1 aromatic carbocycles. The van der Waals surface area contributed by atoms with Crippen LogP contribution in [0, 0.1) is 17.0 Å². The van der Waals surface area contributed by atoms with Crippen molar-refractivity contribution in [1.82, 2.24) is 10.3 Å². The minimum Gasteiger partial charge on any atom is -0.312 e. The van der Waals surface area contributed by atoms with Crippen LogP contribution in [0.3, 0.4) is 0 Å². The summed E-state index contributed by atoms with van der Waals surface area (Å²) < 4.78 is 0. The number of aromatic nitrogens is 1. The number of aryl methyl sites for hydroxylation is 1. The number of hydrogen-bond donors (Lipinski definition) is 1. The van der Waals surface area contributed by atoms with Gasteiger partial charge in [0, 0.05) is 31.0 Å². The summed E-state index contributed by atoms with van der Waals surface area (Å²) in [6.45, 7) is 3.04. The molecule has 0 aliphatic heterocycles. The van der Waals surface area contributed by atoms with E-state index in [4.69, 9.17) is 11.6 Å². The summed E-state index contributed by atoms with van der Waals surface area (Å²) in [5, 5.41) is 17.6. The van der Waals surface area contributed by atoms with Gasteiger partial charge in [-0.3, -0.25) is 10.1 Å². The summed E-state index contributed by atoms with van der Waals surface area (Å²) in [7, 11) is 0. The van der Waals surface area contributed by atoms with E-state index in [1.165, 1.54) is 6.07 Å². The Morgan fingerprint density at radius 1 is 1.50 bits per heavy atom. The molecule has 0 atom stereocenters. The SMILES string of the molecule is Cc1nc(CCNCc2c(Cl)cccc2[N+](=O)[O-])cs1. The van der Waals surface area contributed by atoms with E-state index in [-0.39, 0.29) is 5.69 Å². The van der Waals surface area contributed by atoms with Gasteiger partial charge in [-0.15, -0.1) is 11.3 Å². The minimum absolute atomic E-state index is 0.0505. The van der Waals surface area contributed by atoms with Crippen molar-refractivity contribution in [3.05, 3.63) is 55.0 Å². The molecular formula is C13H14ClN3O2S. The number of nitrogens with one attached hydrogen (secondary N) is 1. The Hall–Kier alpha value is -1.50. The van der Waals surface area contributed by atoms with Gasteiger partial charge in [-0.1, -0.05) is 17.7 Å². The molecule has 0 aliphatic rings. The summed E-state index contributed by atoms with van der Waals surface area (Å²) >= 11 is 7.64. The third-order valence-electron chi connectivity index (χ3n) is 2.82. The van der Waals surface area contributed by atoms with Gasteiger partial charge in [0.25, 0.3) is 5.69 Å². The first-order valence-electron chi connectivity index (χ1n) is 6.11. The van der Waals surface area contributed by atoms with E-state index >= 15 is 0 Å². The zero-order valence-electron chi connectivity index (χ0n) is 10.9. The van der Waals surface area contributed by atoms with Gasteiger partial charge in [-0.05, 0) is 13.0 Å². The van der Waals surface area contributed by atoms with Gasteiger partial charge >= 0.3 is 0 Å². The maximum absolute atomic E-state index is 10.9. The number of rotatable bonds is 6. The molecule has 0 bridgehead atoms. The van der Waals surface area contributed by atoms with Crippen molar-refractivity contribution in [2.75, 3.05) is 6.54 Å². The molecule has 0 aliphatic carbocycles. The normalized spacial score (nSPS) is 10.7. The van der Waals surface area contributed by atoms with Gasteiger partial charge in [0.05, 0.1) is 26.2 Å². The Kier molecular flexibility index (Phi) is 5.05. The van der Waals surface area contributed by atoms with E-state index < -0.39 is 4.92 Å². The first-order chi connectivity index (χ1) is 9.58. The van der Waals surface area contributed by atoms with Gasteiger partial charge in [-0.25, -0.2) is 4.98 Å². The summed E-state index contributed by atoms with van der Waals surface area (Å²) in [5.41, 5.74) is 1.61. The molecule has 1 N–H and O–H groups in total. The number of hydrogen-bond acceptors (Lipinski definition) is 5. The Labute approximate surface area is 125 Å². The molecule has 0 radical (unpaired) electrons. The zero-order valence-corrected chi connectivity index (χ0v) is 12.5. The van der Waals surface area contributed by atoms with Crippen molar-refractivity contribution in [2.24, 2.45) is 0 Å². The van der Waals surface area contributed by atoms with E-state index in [1.807, 2.05) is 12.3 Å². The summed E-state index contributed by atoms with van der Waals surface area (Å²) in [6.07, 6.45) is 0.794. The largest absolute Gasteiger partial charge is 0.312 e. The average Bonchev–Trinajstić information content (AvgIpc) is 2.81. The first kappa shape index (κ1) is 14.9. The van der Waals surface area contributed by atoms with Crippen LogP contribution in [-0.2, 0) is 13.0 Å². The highest BCUT2D eigenvalue weighted by Crippen LogP contribution is 2.25. The lowest BCUT2D eigenvalue weighted by Crippen LogP contribution is -2.18. The number of halogens is 1. The van der Waals surface area contributed by atoms with Gasteiger partial charge in [-0.2, -0.15) is 0 Å². The highest BCUT2D eigenvalue weighted by atomic mass is 35.5. The maximum atomic E-state index is 10.9. The van der Waals surface area contributed by atoms with Crippen LogP contribution in [0.2, 0.25) is 5.02 Å². The molecule has 0 spiro atoms. The minimum atomic E-state index is -0.410. The number of nitrogens with zero attached hydrogens (tertiary/aromatic N) is 2. The van der Waals surface area contributed by atoms with Gasteiger partial charge in [0.2, 0.25) is 0 Å². The van der Waals surface area contributed by atoms with Gasteiger partial charge in [0.15, 0.2) is 0 Å². The van der Waals surface area contributed by atoms with Crippen LogP contribution in [0.4, 0.5) is 5.69 Å². The van der Waals surface area contributed by atoms with Crippen LogP contribution in [0.5, 0.6) is 0 Å².